The smallest absolute Gasteiger partial charge is 0.241 e. The number of nitrogens with two attached hydrogens (primary N) is 1. The molecule has 1 aromatic rings. The van der Waals surface area contributed by atoms with Crippen LogP contribution in [0.5, 0.6) is 0 Å². The topological polar surface area (TPSA) is 55.1 Å². The second-order valence-electron chi connectivity index (χ2n) is 3.26. The normalized spacial score (nSPS) is 12.3. The molecule has 6 heteroatoms. The van der Waals surface area contributed by atoms with Gasteiger partial charge in [-0.3, -0.25) is 4.79 Å². The predicted octanol–water partition coefficient (Wildman–Crippen LogP) is 2.81. The lowest BCUT2D eigenvalue weighted by atomic mass is 10.2. The summed E-state index contributed by atoms with van der Waals surface area (Å²) in [6.45, 7) is 1.79. The molecule has 0 saturated heterocycles. The maximum Gasteiger partial charge on any atom is 0.241 e. The van der Waals surface area contributed by atoms with Crippen molar-refractivity contribution in [1.82, 2.24) is 0 Å². The van der Waals surface area contributed by atoms with Crippen LogP contribution < -0.4 is 11.1 Å². The molecular weight excluding hydrogens is 254 g/mol. The van der Waals surface area contributed by atoms with Gasteiger partial charge < -0.3 is 11.1 Å². The van der Waals surface area contributed by atoms with Crippen molar-refractivity contribution in [2.45, 2.75) is 19.4 Å². The van der Waals surface area contributed by atoms with Crippen molar-refractivity contribution in [2.75, 3.05) is 5.32 Å². The molecule has 0 bridgehead atoms. The molecule has 3 N–H and O–H groups in total. The van der Waals surface area contributed by atoms with Crippen molar-refractivity contribution in [1.29, 1.82) is 0 Å². The van der Waals surface area contributed by atoms with Gasteiger partial charge in [-0.05, 0) is 18.6 Å². The highest BCUT2D eigenvalue weighted by Gasteiger charge is 2.13. The van der Waals surface area contributed by atoms with Gasteiger partial charge >= 0.3 is 0 Å². The largest absolute Gasteiger partial charge is 0.325 e. The Morgan fingerprint density at radius 2 is 2.00 bits per heavy atom. The molecule has 1 atom stereocenters. The first-order chi connectivity index (χ1) is 7.45. The molecule has 88 valence electrons. The molecule has 1 amide bonds. The molecular formula is C10H11Cl2FN2O. The third-order valence-electron chi connectivity index (χ3n) is 2.03. The highest BCUT2D eigenvalue weighted by Crippen LogP contribution is 2.27. The third-order valence-corrected chi connectivity index (χ3v) is 2.58. The summed E-state index contributed by atoms with van der Waals surface area (Å²) in [6, 6.07) is 1.95. The Kier molecular flexibility index (Phi) is 4.53. The van der Waals surface area contributed by atoms with Crippen molar-refractivity contribution in [3.63, 3.8) is 0 Å². The standard InChI is InChI=1S/C10H11Cl2FN2O/c1-2-8(14)10(16)15-5-3-6(11)9(13)7(12)4-5/h3-4,8H,2,14H2,1H3,(H,15,16)/t8-/m1/s1. The van der Waals surface area contributed by atoms with E-state index in [4.69, 9.17) is 28.9 Å². The Hall–Kier alpha value is -0.840. The van der Waals surface area contributed by atoms with E-state index in [0.29, 0.717) is 12.1 Å². The van der Waals surface area contributed by atoms with Crippen molar-refractivity contribution in [2.24, 2.45) is 5.73 Å². The number of benzene rings is 1. The fourth-order valence-corrected chi connectivity index (χ4v) is 1.54. The molecule has 0 heterocycles. The maximum absolute atomic E-state index is 13.1. The van der Waals surface area contributed by atoms with Gasteiger partial charge in [0.2, 0.25) is 5.91 Å². The van der Waals surface area contributed by atoms with Gasteiger partial charge in [0.15, 0.2) is 5.82 Å². The molecule has 0 radical (unpaired) electrons. The number of carbonyl (C=O) groups is 1. The molecule has 0 fully saturated rings. The monoisotopic (exact) mass is 264 g/mol. The molecule has 0 spiro atoms. The van der Waals surface area contributed by atoms with Crippen LogP contribution in [-0.2, 0) is 4.79 Å². The fraction of sp³-hybridized carbons (Fsp3) is 0.300. The summed E-state index contributed by atoms with van der Waals surface area (Å²) >= 11 is 11.1. The quantitative estimate of drug-likeness (QED) is 0.825. The van der Waals surface area contributed by atoms with E-state index in [1.165, 1.54) is 12.1 Å². The summed E-state index contributed by atoms with van der Waals surface area (Å²) < 4.78 is 13.1. The van der Waals surface area contributed by atoms with Gasteiger partial charge in [0.1, 0.15) is 0 Å². The van der Waals surface area contributed by atoms with Gasteiger partial charge in [0, 0.05) is 5.69 Å². The Balaban J connectivity index is 2.87. The molecule has 0 aliphatic heterocycles. The second-order valence-corrected chi connectivity index (χ2v) is 4.07. The lowest BCUT2D eigenvalue weighted by molar-refractivity contribution is -0.117. The Bertz CT molecular complexity index is 389. The zero-order valence-electron chi connectivity index (χ0n) is 8.56. The van der Waals surface area contributed by atoms with E-state index < -0.39 is 11.9 Å². The second kappa shape index (κ2) is 5.48. The zero-order valence-corrected chi connectivity index (χ0v) is 10.1. The van der Waals surface area contributed by atoms with Crippen LogP contribution in [0.25, 0.3) is 0 Å². The molecule has 16 heavy (non-hydrogen) atoms. The van der Waals surface area contributed by atoms with Gasteiger partial charge in [-0.2, -0.15) is 0 Å². The minimum Gasteiger partial charge on any atom is -0.325 e. The van der Waals surface area contributed by atoms with Crippen LogP contribution in [0.15, 0.2) is 12.1 Å². The van der Waals surface area contributed by atoms with Crippen molar-refractivity contribution >= 4 is 34.8 Å². The van der Waals surface area contributed by atoms with Gasteiger partial charge in [-0.25, -0.2) is 4.39 Å². The Labute approximate surface area is 103 Å². The van der Waals surface area contributed by atoms with E-state index in [-0.39, 0.29) is 16.0 Å². The lowest BCUT2D eigenvalue weighted by Gasteiger charge is -2.10. The van der Waals surface area contributed by atoms with Gasteiger partial charge in [-0.15, -0.1) is 0 Å². The molecule has 3 nitrogen and oxygen atoms in total. The average Bonchev–Trinajstić information content (AvgIpc) is 2.24. The van der Waals surface area contributed by atoms with Gasteiger partial charge in [0.25, 0.3) is 0 Å². The number of carbonyl (C=O) groups excluding carboxylic acids is 1. The van der Waals surface area contributed by atoms with E-state index in [2.05, 4.69) is 5.32 Å². The molecule has 0 saturated carbocycles. The molecule has 0 unspecified atom stereocenters. The van der Waals surface area contributed by atoms with Crippen LogP contribution in [0.1, 0.15) is 13.3 Å². The summed E-state index contributed by atoms with van der Waals surface area (Å²) in [6.07, 6.45) is 0.508. The minimum absolute atomic E-state index is 0.145. The number of halogens is 3. The summed E-state index contributed by atoms with van der Waals surface area (Å²) in [5.74, 6) is -1.07. The Morgan fingerprint density at radius 1 is 1.50 bits per heavy atom. The summed E-state index contributed by atoms with van der Waals surface area (Å²) in [4.78, 5) is 11.4. The third kappa shape index (κ3) is 3.07. The molecule has 0 aliphatic carbocycles. The van der Waals surface area contributed by atoms with E-state index in [1.807, 2.05) is 0 Å². The van der Waals surface area contributed by atoms with Crippen LogP contribution in [0.2, 0.25) is 10.0 Å². The molecule has 0 aliphatic rings. The molecule has 1 rings (SSSR count). The summed E-state index contributed by atoms with van der Waals surface area (Å²) in [5.41, 5.74) is 5.84. The van der Waals surface area contributed by atoms with E-state index in [1.54, 1.807) is 6.92 Å². The first-order valence-corrected chi connectivity index (χ1v) is 5.42. The van der Waals surface area contributed by atoms with Gasteiger partial charge in [0.05, 0.1) is 16.1 Å². The maximum atomic E-state index is 13.1. The van der Waals surface area contributed by atoms with Crippen molar-refractivity contribution in [3.8, 4) is 0 Å². The summed E-state index contributed by atoms with van der Waals surface area (Å²) in [5, 5.41) is 2.21. The fourth-order valence-electron chi connectivity index (χ4n) is 1.05. The number of rotatable bonds is 3. The molecule has 1 aromatic carbocycles. The summed E-state index contributed by atoms with van der Waals surface area (Å²) in [7, 11) is 0. The van der Waals surface area contributed by atoms with E-state index in [9.17, 15) is 9.18 Å². The van der Waals surface area contributed by atoms with Crippen molar-refractivity contribution in [3.05, 3.63) is 28.0 Å². The number of nitrogens with one attached hydrogen (secondary N) is 1. The minimum atomic E-state index is -0.707. The van der Waals surface area contributed by atoms with Crippen LogP contribution in [0, 0.1) is 5.82 Å². The highest BCUT2D eigenvalue weighted by molar-refractivity contribution is 6.35. The van der Waals surface area contributed by atoms with Crippen LogP contribution in [0.3, 0.4) is 0 Å². The van der Waals surface area contributed by atoms with Crippen LogP contribution in [-0.4, -0.2) is 11.9 Å². The number of anilines is 1. The number of hydrogen-bond acceptors (Lipinski definition) is 2. The number of hydrogen-bond donors (Lipinski definition) is 2. The van der Waals surface area contributed by atoms with E-state index in [0.717, 1.165) is 0 Å². The SMILES string of the molecule is CC[C@@H](N)C(=O)Nc1cc(Cl)c(F)c(Cl)c1. The Morgan fingerprint density at radius 3 is 2.44 bits per heavy atom. The van der Waals surface area contributed by atoms with Crippen LogP contribution in [0.4, 0.5) is 10.1 Å². The lowest BCUT2D eigenvalue weighted by Crippen LogP contribution is -2.34. The van der Waals surface area contributed by atoms with Gasteiger partial charge in [-0.1, -0.05) is 30.1 Å². The van der Waals surface area contributed by atoms with Crippen molar-refractivity contribution < 1.29 is 9.18 Å². The predicted molar refractivity (Wildman–Crippen MR) is 63.3 cm³/mol. The first-order valence-electron chi connectivity index (χ1n) is 4.66. The zero-order chi connectivity index (χ0) is 12.3. The van der Waals surface area contributed by atoms with Crippen LogP contribution >= 0.6 is 23.2 Å². The highest BCUT2D eigenvalue weighted by atomic mass is 35.5. The number of amides is 1. The molecule has 0 aromatic heterocycles. The first kappa shape index (κ1) is 13.2. The van der Waals surface area contributed by atoms with E-state index >= 15 is 0 Å². The average molecular weight is 265 g/mol.